The zero-order valence-corrected chi connectivity index (χ0v) is 34.7. The van der Waals surface area contributed by atoms with Gasteiger partial charge in [-0.2, -0.15) is 0 Å². The third kappa shape index (κ3) is 5.10. The highest BCUT2D eigenvalue weighted by molar-refractivity contribution is 7.26. The molecule has 0 bridgehead atoms. The van der Waals surface area contributed by atoms with Crippen molar-refractivity contribution < 1.29 is 0 Å². The minimum absolute atomic E-state index is 0.0375. The summed E-state index contributed by atoms with van der Waals surface area (Å²) in [5.74, 6) is 0.641. The van der Waals surface area contributed by atoms with Crippen molar-refractivity contribution in [1.82, 2.24) is 0 Å². The molecule has 1 nitrogen and oxygen atoms in total. The maximum Gasteiger partial charge on any atom is 0.0677 e. The van der Waals surface area contributed by atoms with Crippen molar-refractivity contribution in [3.8, 4) is 11.1 Å². The van der Waals surface area contributed by atoms with Gasteiger partial charge in [0.25, 0.3) is 0 Å². The van der Waals surface area contributed by atoms with E-state index in [1.807, 2.05) is 11.3 Å². The highest BCUT2D eigenvalue weighted by Crippen LogP contribution is 2.60. The Morgan fingerprint density at radius 2 is 1.22 bits per heavy atom. The lowest BCUT2D eigenvalue weighted by Crippen LogP contribution is -2.39. The molecule has 288 valence electrons. The maximum atomic E-state index is 2.65. The summed E-state index contributed by atoms with van der Waals surface area (Å²) in [7, 11) is 0. The van der Waals surface area contributed by atoms with E-state index in [0.29, 0.717) is 11.8 Å². The first-order chi connectivity index (χ1) is 29.5. The van der Waals surface area contributed by atoms with Crippen molar-refractivity contribution in [2.24, 2.45) is 5.92 Å². The van der Waals surface area contributed by atoms with E-state index >= 15 is 0 Å². The molecule has 0 spiro atoms. The molecule has 0 saturated carbocycles. The van der Waals surface area contributed by atoms with Crippen LogP contribution in [0.5, 0.6) is 0 Å². The van der Waals surface area contributed by atoms with Crippen molar-refractivity contribution in [3.05, 3.63) is 251 Å². The summed E-state index contributed by atoms with van der Waals surface area (Å²) in [6.45, 7) is 4.95. The summed E-state index contributed by atoms with van der Waals surface area (Å²) in [6.07, 6.45) is 13.5. The molecule has 0 amide bonds. The van der Waals surface area contributed by atoms with E-state index in [0.717, 1.165) is 6.42 Å². The fourth-order valence-corrected chi connectivity index (χ4v) is 12.8. The molecule has 8 aromatic rings. The largest absolute Gasteiger partial charge is 0.334 e. The second-order valence-corrected chi connectivity index (χ2v) is 18.6. The molecule has 1 heterocycles. The lowest BCUT2D eigenvalue weighted by molar-refractivity contribution is 0.391. The van der Waals surface area contributed by atoms with E-state index in [9.17, 15) is 0 Å². The van der Waals surface area contributed by atoms with Gasteiger partial charge >= 0.3 is 0 Å². The van der Waals surface area contributed by atoms with Gasteiger partial charge in [-0.3, -0.25) is 0 Å². The molecule has 0 N–H and O–H groups in total. The first-order valence-corrected chi connectivity index (χ1v) is 22.3. The van der Waals surface area contributed by atoms with Gasteiger partial charge in [-0.05, 0) is 97.7 Å². The summed E-state index contributed by atoms with van der Waals surface area (Å²) in [5, 5.41) is 2.76. The van der Waals surface area contributed by atoms with Gasteiger partial charge in [0.1, 0.15) is 0 Å². The molecule has 0 radical (unpaired) electrons. The Hall–Kier alpha value is -6.48. The van der Waals surface area contributed by atoms with E-state index in [1.54, 1.807) is 0 Å². The smallest absolute Gasteiger partial charge is 0.0677 e. The Bertz CT molecular complexity index is 3050. The number of benzene rings is 7. The zero-order chi connectivity index (χ0) is 40.0. The third-order valence-corrected chi connectivity index (χ3v) is 15.5. The third-order valence-electron chi connectivity index (χ3n) is 14.2. The van der Waals surface area contributed by atoms with Gasteiger partial charge in [0.2, 0.25) is 0 Å². The van der Waals surface area contributed by atoms with Gasteiger partial charge in [-0.25, -0.2) is 0 Å². The van der Waals surface area contributed by atoms with Gasteiger partial charge in [-0.1, -0.05) is 196 Å². The lowest BCUT2D eigenvalue weighted by atomic mass is 9.65. The van der Waals surface area contributed by atoms with E-state index in [-0.39, 0.29) is 11.5 Å². The molecular weight excluding hydrogens is 743 g/mol. The van der Waals surface area contributed by atoms with Gasteiger partial charge in [0.05, 0.1) is 11.5 Å². The quantitative estimate of drug-likeness (QED) is 0.162. The maximum absolute atomic E-state index is 2.65. The van der Waals surface area contributed by atoms with Gasteiger partial charge in [-0.15, -0.1) is 11.3 Å². The summed E-state index contributed by atoms with van der Waals surface area (Å²) in [6, 6.07) is 65.5. The molecule has 7 aromatic carbocycles. The Labute approximate surface area is 357 Å². The van der Waals surface area contributed by atoms with Crippen LogP contribution in [0.4, 0.5) is 5.69 Å². The van der Waals surface area contributed by atoms with Crippen molar-refractivity contribution in [1.29, 1.82) is 0 Å². The number of anilines is 1. The normalized spacial score (nSPS) is 20.4. The first kappa shape index (κ1) is 35.5. The van der Waals surface area contributed by atoms with E-state index in [2.05, 4.69) is 225 Å². The fourth-order valence-electron chi connectivity index (χ4n) is 11.5. The number of hydrogen-bond donors (Lipinski definition) is 0. The predicted molar refractivity (Wildman–Crippen MR) is 254 cm³/mol. The summed E-state index contributed by atoms with van der Waals surface area (Å²) in [5.41, 5.74) is 15.7. The van der Waals surface area contributed by atoms with Crippen LogP contribution in [-0.4, -0.2) is 6.04 Å². The number of allylic oxidation sites excluding steroid dienone is 5. The van der Waals surface area contributed by atoms with Crippen LogP contribution in [0.1, 0.15) is 59.6 Å². The summed E-state index contributed by atoms with van der Waals surface area (Å²) >= 11 is 1.97. The molecule has 0 aliphatic heterocycles. The van der Waals surface area contributed by atoms with Gasteiger partial charge < -0.3 is 4.90 Å². The van der Waals surface area contributed by atoms with Crippen LogP contribution in [0.3, 0.4) is 0 Å². The van der Waals surface area contributed by atoms with Gasteiger partial charge in [0, 0.05) is 37.5 Å². The minimum Gasteiger partial charge on any atom is -0.334 e. The Balaban J connectivity index is 1.01. The van der Waals surface area contributed by atoms with Crippen LogP contribution in [0.25, 0.3) is 36.9 Å². The van der Waals surface area contributed by atoms with Crippen LogP contribution in [0, 0.1) is 5.92 Å². The van der Waals surface area contributed by atoms with Crippen molar-refractivity contribution >= 4 is 42.8 Å². The second kappa shape index (κ2) is 13.5. The van der Waals surface area contributed by atoms with E-state index in [4.69, 9.17) is 0 Å². The molecule has 4 aliphatic rings. The number of hydrogen-bond acceptors (Lipinski definition) is 2. The Kier molecular flexibility index (Phi) is 7.99. The standard InChI is InChI=1S/C58H45NS/c1-57(2)51-35-34-48-47-23-13-15-25-54(47)60-56(48)55(51)49-33-31-43(36-52(49)57)59(42-28-26-39(27-29-42)38-16-6-3-7-17-38)44-30-32-46-45-22-12-14-24-50(45)58(53(46)37-44,40-18-8-4-9-19-40)41-20-10-5-11-21-41/h3-36,44,49,52H,37H2,1-2H3. The average molecular weight is 788 g/mol. The molecule has 1 aromatic heterocycles. The molecule has 0 fully saturated rings. The average Bonchev–Trinajstić information content (AvgIpc) is 3.91. The van der Waals surface area contributed by atoms with Crippen molar-refractivity contribution in [3.63, 3.8) is 0 Å². The fraction of sp³-hybridized carbons (Fsp3) is 0.138. The van der Waals surface area contributed by atoms with Crippen LogP contribution in [0.2, 0.25) is 0 Å². The summed E-state index contributed by atoms with van der Waals surface area (Å²) in [4.78, 5) is 2.65. The van der Waals surface area contributed by atoms with Crippen LogP contribution in [-0.2, 0) is 10.8 Å². The molecule has 3 unspecified atom stereocenters. The molecule has 2 heteroatoms. The summed E-state index contributed by atoms with van der Waals surface area (Å²) < 4.78 is 2.83. The first-order valence-electron chi connectivity index (χ1n) is 21.4. The van der Waals surface area contributed by atoms with Crippen LogP contribution >= 0.6 is 11.3 Å². The topological polar surface area (TPSA) is 3.24 Å². The number of nitrogens with zero attached hydrogens (tertiary/aromatic N) is 1. The van der Waals surface area contributed by atoms with Crippen LogP contribution in [0.15, 0.2) is 218 Å². The number of fused-ring (bicyclic) bond motifs is 9. The molecule has 4 aliphatic carbocycles. The number of rotatable bonds is 6. The molecule has 60 heavy (non-hydrogen) atoms. The minimum atomic E-state index is -0.410. The van der Waals surface area contributed by atoms with E-state index < -0.39 is 5.41 Å². The zero-order valence-electron chi connectivity index (χ0n) is 33.9. The van der Waals surface area contributed by atoms with Crippen molar-refractivity contribution in [2.75, 3.05) is 4.90 Å². The van der Waals surface area contributed by atoms with Crippen LogP contribution < -0.4 is 4.90 Å². The Morgan fingerprint density at radius 1 is 0.567 bits per heavy atom. The molecule has 12 rings (SSSR count). The predicted octanol–water partition coefficient (Wildman–Crippen LogP) is 14.8. The molecular formula is C58H45NS. The van der Waals surface area contributed by atoms with E-state index in [1.165, 1.54) is 87.2 Å². The number of thiophene rings is 1. The molecule has 0 saturated heterocycles. The van der Waals surface area contributed by atoms with Gasteiger partial charge in [0.15, 0.2) is 0 Å². The second-order valence-electron chi connectivity index (χ2n) is 17.6. The molecule has 3 atom stereocenters. The monoisotopic (exact) mass is 787 g/mol. The lowest BCUT2D eigenvalue weighted by Gasteiger charge is -2.42. The highest BCUT2D eigenvalue weighted by Gasteiger charge is 2.50. The Morgan fingerprint density at radius 3 is 1.97 bits per heavy atom. The SMILES string of the molecule is CC1(C)c2ccc3c(sc4ccccc43)c2C2C=CC(N(c3ccc(-c4ccccc4)cc3)C3C=CC4=C(C3)C(c3ccccc3)(c3ccccc3)c3ccccc34)=CC21. The van der Waals surface area contributed by atoms with Crippen molar-refractivity contribution in [2.45, 2.75) is 43.1 Å². The highest BCUT2D eigenvalue weighted by atomic mass is 32.1.